The number of nitrogens with zero attached hydrogens (tertiary/aromatic N) is 3. The van der Waals surface area contributed by atoms with Gasteiger partial charge in [0, 0.05) is 5.56 Å². The highest BCUT2D eigenvalue weighted by atomic mass is 35.5. The van der Waals surface area contributed by atoms with E-state index < -0.39 is 5.97 Å². The van der Waals surface area contributed by atoms with Gasteiger partial charge in [-0.05, 0) is 72.9 Å². The SMILES string of the molecule is CCOC(=O)COc1c(Cl)cc(C=Nn2c(-c3cc(C(C)C)c(OC)cc3C)nc3ccccc3c2=O)cc1OC. The number of hydrogen-bond acceptors (Lipinski definition) is 8. The van der Waals surface area contributed by atoms with Crippen molar-refractivity contribution in [1.82, 2.24) is 9.66 Å². The van der Waals surface area contributed by atoms with Gasteiger partial charge in [0.05, 0.1) is 43.0 Å². The number of halogens is 1. The van der Waals surface area contributed by atoms with Crippen LogP contribution in [0.15, 0.2) is 58.4 Å². The maximum Gasteiger partial charge on any atom is 0.344 e. The molecule has 4 aromatic rings. The Labute approximate surface area is 243 Å². The summed E-state index contributed by atoms with van der Waals surface area (Å²) in [6.45, 7) is 7.72. The van der Waals surface area contributed by atoms with Gasteiger partial charge in [0.25, 0.3) is 5.56 Å². The number of esters is 1. The molecule has 0 bridgehead atoms. The highest BCUT2D eigenvalue weighted by molar-refractivity contribution is 6.32. The van der Waals surface area contributed by atoms with Crippen molar-refractivity contribution in [2.24, 2.45) is 5.10 Å². The number of rotatable bonds is 10. The molecule has 0 aliphatic carbocycles. The van der Waals surface area contributed by atoms with Gasteiger partial charge in [-0.25, -0.2) is 9.78 Å². The molecule has 0 unspecified atom stereocenters. The molecule has 1 aromatic heterocycles. The van der Waals surface area contributed by atoms with Gasteiger partial charge in [-0.15, -0.1) is 0 Å². The number of hydrogen-bond donors (Lipinski definition) is 0. The molecule has 0 amide bonds. The lowest BCUT2D eigenvalue weighted by Gasteiger charge is -2.17. The summed E-state index contributed by atoms with van der Waals surface area (Å²) in [5.41, 5.74) is 3.40. The zero-order chi connectivity index (χ0) is 29.7. The van der Waals surface area contributed by atoms with Gasteiger partial charge in [0.15, 0.2) is 23.9 Å². The number of methoxy groups -OCH3 is 2. The normalized spacial score (nSPS) is 11.3. The second-order valence-electron chi connectivity index (χ2n) is 9.51. The Bertz CT molecular complexity index is 1680. The Morgan fingerprint density at radius 2 is 1.83 bits per heavy atom. The zero-order valence-corrected chi connectivity index (χ0v) is 24.6. The van der Waals surface area contributed by atoms with Gasteiger partial charge in [-0.1, -0.05) is 37.6 Å². The zero-order valence-electron chi connectivity index (χ0n) is 23.9. The lowest BCUT2D eigenvalue weighted by Crippen LogP contribution is -2.21. The predicted octanol–water partition coefficient (Wildman–Crippen LogP) is 5.99. The highest BCUT2D eigenvalue weighted by Crippen LogP contribution is 2.37. The van der Waals surface area contributed by atoms with Gasteiger partial charge in [0.1, 0.15) is 5.75 Å². The first-order valence-electron chi connectivity index (χ1n) is 13.1. The molecule has 0 spiro atoms. The van der Waals surface area contributed by atoms with Gasteiger partial charge in [-0.3, -0.25) is 4.79 Å². The third kappa shape index (κ3) is 6.36. The summed E-state index contributed by atoms with van der Waals surface area (Å²) in [7, 11) is 3.10. The number of benzene rings is 3. The van der Waals surface area contributed by atoms with E-state index in [1.807, 2.05) is 25.1 Å². The molecule has 0 saturated heterocycles. The topological polar surface area (TPSA) is 101 Å². The van der Waals surface area contributed by atoms with Crippen LogP contribution in [-0.4, -0.2) is 49.3 Å². The fraction of sp³-hybridized carbons (Fsp3) is 0.290. The van der Waals surface area contributed by atoms with Gasteiger partial charge in [0.2, 0.25) is 0 Å². The summed E-state index contributed by atoms with van der Waals surface area (Å²) in [5, 5.41) is 5.19. The van der Waals surface area contributed by atoms with Crippen LogP contribution in [0.1, 0.15) is 43.4 Å². The summed E-state index contributed by atoms with van der Waals surface area (Å²) in [4.78, 5) is 30.3. The van der Waals surface area contributed by atoms with Crippen LogP contribution in [0.2, 0.25) is 5.02 Å². The van der Waals surface area contributed by atoms with Crippen LogP contribution >= 0.6 is 11.6 Å². The molecule has 3 aromatic carbocycles. The molecular weight excluding hydrogens is 546 g/mol. The van der Waals surface area contributed by atoms with Crippen molar-refractivity contribution < 1.29 is 23.7 Å². The van der Waals surface area contributed by atoms with Crippen molar-refractivity contribution >= 4 is 34.7 Å². The van der Waals surface area contributed by atoms with E-state index in [1.54, 1.807) is 44.4 Å². The first-order chi connectivity index (χ1) is 19.7. The second kappa shape index (κ2) is 12.9. The molecule has 41 heavy (non-hydrogen) atoms. The highest BCUT2D eigenvalue weighted by Gasteiger charge is 2.19. The van der Waals surface area contributed by atoms with Crippen molar-refractivity contribution in [2.75, 3.05) is 27.4 Å². The fourth-order valence-corrected chi connectivity index (χ4v) is 4.66. The molecular formula is C31H32ClN3O6. The summed E-state index contributed by atoms with van der Waals surface area (Å²) < 4.78 is 22.8. The number of aromatic nitrogens is 2. The summed E-state index contributed by atoms with van der Waals surface area (Å²) in [5.74, 6) is 1.29. The lowest BCUT2D eigenvalue weighted by molar-refractivity contribution is -0.145. The Kier molecular flexibility index (Phi) is 9.29. The molecule has 0 aliphatic rings. The minimum atomic E-state index is -0.526. The molecule has 10 heteroatoms. The van der Waals surface area contributed by atoms with Crippen LogP contribution in [0.25, 0.3) is 22.3 Å². The van der Waals surface area contributed by atoms with Crippen molar-refractivity contribution in [3.63, 3.8) is 0 Å². The first-order valence-corrected chi connectivity index (χ1v) is 13.5. The lowest BCUT2D eigenvalue weighted by atomic mass is 9.96. The quantitative estimate of drug-likeness (QED) is 0.168. The standard InChI is InChI=1S/C31H32ClN3O6/c1-7-40-28(36)17-41-29-24(32)13-20(14-27(29)39-6)16-33-35-30(34-25-11-9-8-10-21(25)31(35)37)23-15-22(18(2)3)26(38-5)12-19(23)4/h8-16,18H,7,17H2,1-6H3. The van der Waals surface area contributed by atoms with Gasteiger partial charge < -0.3 is 18.9 Å². The smallest absolute Gasteiger partial charge is 0.344 e. The van der Waals surface area contributed by atoms with Crippen molar-refractivity contribution in [2.45, 2.75) is 33.6 Å². The summed E-state index contributed by atoms with van der Waals surface area (Å²) in [6, 6.07) is 14.3. The van der Waals surface area contributed by atoms with Crippen molar-refractivity contribution in [1.29, 1.82) is 0 Å². The number of ether oxygens (including phenoxy) is 4. The van der Waals surface area contributed by atoms with E-state index in [0.717, 1.165) is 22.4 Å². The van der Waals surface area contributed by atoms with E-state index in [2.05, 4.69) is 18.9 Å². The maximum atomic E-state index is 13.7. The average molecular weight is 578 g/mol. The van der Waals surface area contributed by atoms with Crippen LogP contribution in [0.5, 0.6) is 17.2 Å². The molecule has 9 nitrogen and oxygen atoms in total. The largest absolute Gasteiger partial charge is 0.496 e. The van der Waals surface area contributed by atoms with Crippen LogP contribution in [0.4, 0.5) is 0 Å². The predicted molar refractivity (Wildman–Crippen MR) is 160 cm³/mol. The molecule has 0 saturated carbocycles. The first kappa shape index (κ1) is 29.6. The summed E-state index contributed by atoms with van der Waals surface area (Å²) in [6.07, 6.45) is 1.49. The van der Waals surface area contributed by atoms with Crippen molar-refractivity contribution in [3.05, 3.63) is 80.6 Å². The minimum Gasteiger partial charge on any atom is -0.496 e. The number of carbonyl (C=O) groups excluding carboxylic acids is 1. The molecule has 1 heterocycles. The molecule has 0 aliphatic heterocycles. The van der Waals surface area contributed by atoms with E-state index in [-0.39, 0.29) is 35.5 Å². The molecule has 214 valence electrons. The Balaban J connectivity index is 1.84. The fourth-order valence-electron chi connectivity index (χ4n) is 4.38. The van der Waals surface area contributed by atoms with E-state index in [1.165, 1.54) is 18.0 Å². The Morgan fingerprint density at radius 1 is 1.10 bits per heavy atom. The van der Waals surface area contributed by atoms with Gasteiger partial charge >= 0.3 is 5.97 Å². The van der Waals surface area contributed by atoms with Crippen molar-refractivity contribution in [3.8, 4) is 28.6 Å². The second-order valence-corrected chi connectivity index (χ2v) is 9.91. The number of para-hydroxylation sites is 1. The maximum absolute atomic E-state index is 13.7. The van der Waals surface area contributed by atoms with E-state index >= 15 is 0 Å². The number of aryl methyl sites for hydroxylation is 1. The van der Waals surface area contributed by atoms with E-state index in [9.17, 15) is 9.59 Å². The molecule has 0 atom stereocenters. The summed E-state index contributed by atoms with van der Waals surface area (Å²) >= 11 is 6.48. The monoisotopic (exact) mass is 577 g/mol. The number of carbonyl (C=O) groups is 1. The minimum absolute atomic E-state index is 0.174. The number of fused-ring (bicyclic) bond motifs is 1. The third-order valence-corrected chi connectivity index (χ3v) is 6.69. The molecule has 0 fully saturated rings. The Hall–Kier alpha value is -4.37. The Morgan fingerprint density at radius 3 is 2.51 bits per heavy atom. The van der Waals surface area contributed by atoms with Crippen LogP contribution in [-0.2, 0) is 9.53 Å². The average Bonchev–Trinajstić information content (AvgIpc) is 2.95. The molecule has 0 radical (unpaired) electrons. The third-order valence-electron chi connectivity index (χ3n) is 6.41. The van der Waals surface area contributed by atoms with Gasteiger partial charge in [-0.2, -0.15) is 9.78 Å². The van der Waals surface area contributed by atoms with E-state index in [0.29, 0.717) is 28.0 Å². The van der Waals surface area contributed by atoms with Crippen LogP contribution < -0.4 is 19.8 Å². The molecule has 4 rings (SSSR count). The van der Waals surface area contributed by atoms with Crippen LogP contribution in [0, 0.1) is 6.92 Å². The van der Waals surface area contributed by atoms with E-state index in [4.69, 9.17) is 35.5 Å². The van der Waals surface area contributed by atoms with Crippen LogP contribution in [0.3, 0.4) is 0 Å². The molecule has 0 N–H and O–H groups in total.